The Morgan fingerprint density at radius 3 is 2.39 bits per heavy atom. The molecule has 0 aliphatic rings. The molecule has 4 heteroatoms. The number of halogens is 2. The Morgan fingerprint density at radius 2 is 1.72 bits per heavy atom. The molecule has 0 amide bonds. The van der Waals surface area contributed by atoms with Crippen molar-refractivity contribution in [1.82, 2.24) is 0 Å². The Labute approximate surface area is 105 Å². The predicted octanol–water partition coefficient (Wildman–Crippen LogP) is 3.62. The number of anilines is 3. The van der Waals surface area contributed by atoms with Crippen molar-refractivity contribution in [1.29, 1.82) is 0 Å². The molecular weight excluding hydrogens is 234 g/mol. The maximum Gasteiger partial charge on any atom is 0.184 e. The molecule has 0 heterocycles. The number of hydrogen-bond acceptors (Lipinski definition) is 2. The first-order valence-corrected chi connectivity index (χ1v) is 5.55. The van der Waals surface area contributed by atoms with Gasteiger partial charge in [0, 0.05) is 12.7 Å². The van der Waals surface area contributed by atoms with E-state index in [9.17, 15) is 8.78 Å². The van der Waals surface area contributed by atoms with Crippen LogP contribution in [-0.4, -0.2) is 7.05 Å². The Morgan fingerprint density at radius 1 is 1.06 bits per heavy atom. The summed E-state index contributed by atoms with van der Waals surface area (Å²) in [5.41, 5.74) is 7.74. The molecule has 0 saturated carbocycles. The molecule has 0 aromatic heterocycles. The number of nitrogens with two attached hydrogens (primary N) is 1. The van der Waals surface area contributed by atoms with Gasteiger partial charge in [0.15, 0.2) is 11.6 Å². The lowest BCUT2D eigenvalue weighted by Gasteiger charge is -2.23. The van der Waals surface area contributed by atoms with E-state index in [4.69, 9.17) is 5.73 Å². The van der Waals surface area contributed by atoms with Gasteiger partial charge in [-0.1, -0.05) is 18.2 Å². The zero-order valence-electron chi connectivity index (χ0n) is 10.2. The van der Waals surface area contributed by atoms with Crippen molar-refractivity contribution in [2.24, 2.45) is 0 Å². The summed E-state index contributed by atoms with van der Waals surface area (Å²) in [6, 6.07) is 9.85. The molecule has 2 aromatic rings. The monoisotopic (exact) mass is 248 g/mol. The largest absolute Gasteiger partial charge is 0.397 e. The van der Waals surface area contributed by atoms with Crippen LogP contribution in [0.4, 0.5) is 25.8 Å². The second kappa shape index (κ2) is 4.64. The van der Waals surface area contributed by atoms with Crippen molar-refractivity contribution < 1.29 is 8.78 Å². The van der Waals surface area contributed by atoms with E-state index in [0.717, 1.165) is 17.3 Å². The molecule has 0 atom stereocenters. The highest BCUT2D eigenvalue weighted by molar-refractivity contribution is 5.76. The summed E-state index contributed by atoms with van der Waals surface area (Å²) in [5.74, 6) is -1.83. The zero-order valence-corrected chi connectivity index (χ0v) is 10.2. The van der Waals surface area contributed by atoms with Gasteiger partial charge in [-0.2, -0.15) is 0 Å². The van der Waals surface area contributed by atoms with E-state index >= 15 is 0 Å². The molecule has 0 fully saturated rings. The molecule has 0 spiro atoms. The molecular formula is C14H14F2N2. The molecule has 0 bridgehead atoms. The average Bonchev–Trinajstić information content (AvgIpc) is 2.35. The summed E-state index contributed by atoms with van der Waals surface area (Å²) < 4.78 is 27.1. The second-order valence-electron chi connectivity index (χ2n) is 4.14. The molecule has 2 nitrogen and oxygen atoms in total. The molecule has 18 heavy (non-hydrogen) atoms. The number of rotatable bonds is 2. The highest BCUT2D eigenvalue weighted by Crippen LogP contribution is 2.34. The van der Waals surface area contributed by atoms with Crippen LogP contribution >= 0.6 is 0 Å². The molecule has 0 aliphatic carbocycles. The minimum Gasteiger partial charge on any atom is -0.397 e. The standard InChI is InChI=1S/C14H14F2N2/c1-9-5-3-4-6-12(9)18(2)14-11(17)8-7-10(15)13(14)16/h3-8H,17H2,1-2H3. The zero-order chi connectivity index (χ0) is 13.3. The lowest BCUT2D eigenvalue weighted by atomic mass is 10.1. The van der Waals surface area contributed by atoms with E-state index in [-0.39, 0.29) is 11.4 Å². The van der Waals surface area contributed by atoms with E-state index in [1.165, 1.54) is 6.07 Å². The Bertz CT molecular complexity index is 582. The molecule has 0 saturated heterocycles. The van der Waals surface area contributed by atoms with E-state index in [1.54, 1.807) is 11.9 Å². The lowest BCUT2D eigenvalue weighted by molar-refractivity contribution is 0.510. The average molecular weight is 248 g/mol. The van der Waals surface area contributed by atoms with Gasteiger partial charge in [-0.15, -0.1) is 0 Å². The highest BCUT2D eigenvalue weighted by Gasteiger charge is 2.17. The first-order chi connectivity index (χ1) is 8.52. The number of hydrogen-bond donors (Lipinski definition) is 1. The third-order valence-corrected chi connectivity index (χ3v) is 2.91. The third-order valence-electron chi connectivity index (χ3n) is 2.91. The SMILES string of the molecule is Cc1ccccc1N(C)c1c(N)ccc(F)c1F. The Kier molecular flexibility index (Phi) is 3.19. The number of nitrogen functional groups attached to an aromatic ring is 1. The number of benzene rings is 2. The first kappa shape index (κ1) is 12.4. The van der Waals surface area contributed by atoms with Crippen LogP contribution in [-0.2, 0) is 0 Å². The predicted molar refractivity (Wildman–Crippen MR) is 70.0 cm³/mol. The Balaban J connectivity index is 2.56. The summed E-state index contributed by atoms with van der Waals surface area (Å²) in [5, 5.41) is 0. The molecule has 2 aromatic carbocycles. The van der Waals surface area contributed by atoms with Gasteiger partial charge in [-0.25, -0.2) is 8.78 Å². The minimum absolute atomic E-state index is 0.0595. The summed E-state index contributed by atoms with van der Waals surface area (Å²) in [4.78, 5) is 1.56. The van der Waals surface area contributed by atoms with Gasteiger partial charge in [0.25, 0.3) is 0 Å². The van der Waals surface area contributed by atoms with Gasteiger partial charge in [0.2, 0.25) is 0 Å². The quantitative estimate of drug-likeness (QED) is 0.822. The van der Waals surface area contributed by atoms with Gasteiger partial charge in [-0.3, -0.25) is 0 Å². The van der Waals surface area contributed by atoms with Crippen molar-refractivity contribution in [3.8, 4) is 0 Å². The molecule has 2 rings (SSSR count). The van der Waals surface area contributed by atoms with Gasteiger partial charge in [-0.05, 0) is 30.7 Å². The molecule has 0 aliphatic heterocycles. The normalized spacial score (nSPS) is 10.4. The molecule has 0 unspecified atom stereocenters. The summed E-state index contributed by atoms with van der Waals surface area (Å²) in [6.07, 6.45) is 0. The minimum atomic E-state index is -0.930. The van der Waals surface area contributed by atoms with Crippen LogP contribution < -0.4 is 10.6 Å². The van der Waals surface area contributed by atoms with Gasteiger partial charge >= 0.3 is 0 Å². The number of para-hydroxylation sites is 1. The maximum atomic E-state index is 13.8. The van der Waals surface area contributed by atoms with Crippen molar-refractivity contribution >= 4 is 17.1 Å². The molecule has 0 radical (unpaired) electrons. The number of aryl methyl sites for hydroxylation is 1. The fourth-order valence-electron chi connectivity index (χ4n) is 1.96. The summed E-state index contributed by atoms with van der Waals surface area (Å²) in [6.45, 7) is 1.90. The van der Waals surface area contributed by atoms with Crippen molar-refractivity contribution in [2.45, 2.75) is 6.92 Å². The first-order valence-electron chi connectivity index (χ1n) is 5.55. The van der Waals surface area contributed by atoms with Crippen molar-refractivity contribution in [2.75, 3.05) is 17.7 Å². The third kappa shape index (κ3) is 2.01. The topological polar surface area (TPSA) is 29.3 Å². The van der Waals surface area contributed by atoms with Crippen LogP contribution in [0.1, 0.15) is 5.56 Å². The smallest absolute Gasteiger partial charge is 0.184 e. The maximum absolute atomic E-state index is 13.8. The van der Waals surface area contributed by atoms with Crippen LogP contribution in [0.15, 0.2) is 36.4 Å². The van der Waals surface area contributed by atoms with Crippen LogP contribution in [0.3, 0.4) is 0 Å². The van der Waals surface area contributed by atoms with Gasteiger partial charge in [0.05, 0.1) is 5.69 Å². The van der Waals surface area contributed by atoms with E-state index in [0.29, 0.717) is 0 Å². The van der Waals surface area contributed by atoms with Crippen LogP contribution in [0.2, 0.25) is 0 Å². The van der Waals surface area contributed by atoms with Crippen molar-refractivity contribution in [3.63, 3.8) is 0 Å². The van der Waals surface area contributed by atoms with Crippen LogP contribution in [0, 0.1) is 18.6 Å². The van der Waals surface area contributed by atoms with Crippen LogP contribution in [0.5, 0.6) is 0 Å². The Hall–Kier alpha value is -2.10. The van der Waals surface area contributed by atoms with E-state index in [1.807, 2.05) is 31.2 Å². The summed E-state index contributed by atoms with van der Waals surface area (Å²) in [7, 11) is 1.66. The van der Waals surface area contributed by atoms with Gasteiger partial charge < -0.3 is 10.6 Å². The highest BCUT2D eigenvalue weighted by atomic mass is 19.2. The van der Waals surface area contributed by atoms with E-state index in [2.05, 4.69) is 0 Å². The van der Waals surface area contributed by atoms with Crippen LogP contribution in [0.25, 0.3) is 0 Å². The van der Waals surface area contributed by atoms with E-state index < -0.39 is 11.6 Å². The van der Waals surface area contributed by atoms with Gasteiger partial charge in [0.1, 0.15) is 5.69 Å². The summed E-state index contributed by atoms with van der Waals surface area (Å²) >= 11 is 0. The number of nitrogens with zero attached hydrogens (tertiary/aromatic N) is 1. The fourth-order valence-corrected chi connectivity index (χ4v) is 1.96. The lowest BCUT2D eigenvalue weighted by Crippen LogP contribution is -2.15. The second-order valence-corrected chi connectivity index (χ2v) is 4.14. The molecule has 94 valence electrons. The molecule has 2 N–H and O–H groups in total. The fraction of sp³-hybridized carbons (Fsp3) is 0.143. The van der Waals surface area contributed by atoms with Crippen molar-refractivity contribution in [3.05, 3.63) is 53.6 Å².